The number of ether oxygens (including phenoxy) is 1. The van der Waals surface area contributed by atoms with Gasteiger partial charge in [-0.15, -0.1) is 0 Å². The number of nitrogens with zero attached hydrogens (tertiary/aromatic N) is 2. The summed E-state index contributed by atoms with van der Waals surface area (Å²) in [5.74, 6) is -0.391. The Morgan fingerprint density at radius 2 is 2.29 bits per heavy atom. The molecule has 1 aliphatic carbocycles. The van der Waals surface area contributed by atoms with Crippen LogP contribution >= 0.6 is 0 Å². The number of fused-ring (bicyclic) bond motifs is 1. The second kappa shape index (κ2) is 7.53. The summed E-state index contributed by atoms with van der Waals surface area (Å²) in [5.41, 5.74) is 0.837. The second-order valence-corrected chi connectivity index (χ2v) is 6.05. The number of carbonyl (C=O) groups is 1. The molecule has 2 aromatic rings. The van der Waals surface area contributed by atoms with Crippen LogP contribution in [-0.2, 0) is 16.1 Å². The highest BCUT2D eigenvalue weighted by molar-refractivity contribution is 5.74. The number of carbonyl (C=O) groups excluding carboxylic acids is 1. The largest absolute Gasteiger partial charge is 0.465 e. The summed E-state index contributed by atoms with van der Waals surface area (Å²) in [5, 5.41) is 3.40. The summed E-state index contributed by atoms with van der Waals surface area (Å²) in [6.07, 6.45) is 4.91. The minimum Gasteiger partial charge on any atom is -0.465 e. The molecule has 1 aromatic carbocycles. The quantitative estimate of drug-likeness (QED) is 0.813. The molecule has 1 N–H and O–H groups in total. The van der Waals surface area contributed by atoms with E-state index in [0.29, 0.717) is 30.6 Å². The first-order valence-corrected chi connectivity index (χ1v) is 8.15. The Balaban J connectivity index is 1.65. The van der Waals surface area contributed by atoms with Gasteiger partial charge in [-0.1, -0.05) is 0 Å². The van der Waals surface area contributed by atoms with Gasteiger partial charge >= 0.3 is 0 Å². The van der Waals surface area contributed by atoms with Crippen LogP contribution in [0.1, 0.15) is 25.7 Å². The van der Waals surface area contributed by atoms with Crippen LogP contribution in [0.4, 0.5) is 4.39 Å². The van der Waals surface area contributed by atoms with E-state index in [9.17, 15) is 14.0 Å². The predicted octanol–water partition coefficient (Wildman–Crippen LogP) is 1.61. The van der Waals surface area contributed by atoms with E-state index in [1.54, 1.807) is 6.07 Å². The maximum absolute atomic E-state index is 13.5. The van der Waals surface area contributed by atoms with Gasteiger partial charge in [0.15, 0.2) is 0 Å². The van der Waals surface area contributed by atoms with Crippen LogP contribution in [0, 0.1) is 5.82 Å². The van der Waals surface area contributed by atoms with Crippen molar-refractivity contribution >= 4 is 17.5 Å². The highest BCUT2D eigenvalue weighted by Gasteiger charge is 2.22. The van der Waals surface area contributed by atoms with Crippen LogP contribution in [0.5, 0.6) is 0 Å². The number of hydrogen-bond acceptors (Lipinski definition) is 5. The average Bonchev–Trinajstić information content (AvgIpc) is 2.58. The summed E-state index contributed by atoms with van der Waals surface area (Å²) >= 11 is 0. The molecule has 3 rings (SSSR count). The molecule has 0 aliphatic heterocycles. The fourth-order valence-electron chi connectivity index (χ4n) is 3.28. The molecule has 2 atom stereocenters. The fourth-order valence-corrected chi connectivity index (χ4v) is 3.28. The standard InChI is InChI=1S/C17H20FN3O3/c18-12-4-5-15-16(8-12)21(17(23)10-20-15)7-6-19-13-2-1-3-14(9-13)24-11-22/h4-5,8,10-11,13-14,19H,1-3,6-7,9H2. The zero-order chi connectivity index (χ0) is 16.9. The van der Waals surface area contributed by atoms with Crippen molar-refractivity contribution in [2.45, 2.75) is 44.4 Å². The lowest BCUT2D eigenvalue weighted by Gasteiger charge is -2.28. The molecule has 2 unspecified atom stereocenters. The van der Waals surface area contributed by atoms with Crippen LogP contribution in [0.15, 0.2) is 29.2 Å². The molecule has 7 heteroatoms. The lowest BCUT2D eigenvalue weighted by molar-refractivity contribution is -0.135. The summed E-state index contributed by atoms with van der Waals surface area (Å²) in [4.78, 5) is 26.5. The highest BCUT2D eigenvalue weighted by atomic mass is 19.1. The molecular formula is C17H20FN3O3. The Kier molecular flexibility index (Phi) is 5.20. The van der Waals surface area contributed by atoms with Crippen LogP contribution < -0.4 is 10.9 Å². The zero-order valence-corrected chi connectivity index (χ0v) is 13.3. The summed E-state index contributed by atoms with van der Waals surface area (Å²) in [6.45, 7) is 1.51. The molecule has 0 radical (unpaired) electrons. The normalized spacial score (nSPS) is 20.9. The number of rotatable bonds is 6. The van der Waals surface area contributed by atoms with Crippen molar-refractivity contribution in [3.05, 3.63) is 40.6 Å². The summed E-state index contributed by atoms with van der Waals surface area (Å²) in [7, 11) is 0. The first kappa shape index (κ1) is 16.6. The number of aromatic nitrogens is 2. The van der Waals surface area contributed by atoms with E-state index in [4.69, 9.17) is 4.74 Å². The van der Waals surface area contributed by atoms with E-state index >= 15 is 0 Å². The molecule has 0 saturated heterocycles. The molecule has 1 aromatic heterocycles. The number of halogens is 1. The third-order valence-corrected chi connectivity index (χ3v) is 4.45. The van der Waals surface area contributed by atoms with Crippen molar-refractivity contribution in [2.24, 2.45) is 0 Å². The van der Waals surface area contributed by atoms with Crippen LogP contribution in [0.3, 0.4) is 0 Å². The molecule has 1 saturated carbocycles. The van der Waals surface area contributed by atoms with E-state index in [2.05, 4.69) is 10.3 Å². The van der Waals surface area contributed by atoms with Crippen LogP contribution in [0.25, 0.3) is 11.0 Å². The van der Waals surface area contributed by atoms with Gasteiger partial charge in [0.1, 0.15) is 11.9 Å². The van der Waals surface area contributed by atoms with Crippen molar-refractivity contribution < 1.29 is 13.9 Å². The first-order chi connectivity index (χ1) is 11.7. The molecule has 0 spiro atoms. The van der Waals surface area contributed by atoms with Crippen molar-refractivity contribution in [3.63, 3.8) is 0 Å². The third kappa shape index (κ3) is 3.79. The summed E-state index contributed by atoms with van der Waals surface area (Å²) in [6, 6.07) is 4.48. The van der Waals surface area contributed by atoms with Crippen LogP contribution in [0.2, 0.25) is 0 Å². The van der Waals surface area contributed by atoms with Gasteiger partial charge in [0, 0.05) is 19.1 Å². The van der Waals surface area contributed by atoms with Gasteiger partial charge in [-0.3, -0.25) is 9.59 Å². The first-order valence-electron chi connectivity index (χ1n) is 8.15. The minimum atomic E-state index is -0.391. The van der Waals surface area contributed by atoms with E-state index in [0.717, 1.165) is 25.7 Å². The van der Waals surface area contributed by atoms with Gasteiger partial charge < -0.3 is 14.6 Å². The molecule has 0 bridgehead atoms. The molecule has 128 valence electrons. The second-order valence-electron chi connectivity index (χ2n) is 6.05. The lowest BCUT2D eigenvalue weighted by Crippen LogP contribution is -2.39. The maximum atomic E-state index is 13.5. The molecular weight excluding hydrogens is 313 g/mol. The molecule has 1 aliphatic rings. The molecule has 1 heterocycles. The van der Waals surface area contributed by atoms with Gasteiger partial charge in [-0.25, -0.2) is 9.37 Å². The molecule has 0 amide bonds. The summed E-state index contributed by atoms with van der Waals surface area (Å²) < 4.78 is 20.0. The number of nitrogens with one attached hydrogen (secondary N) is 1. The molecule has 6 nitrogen and oxygen atoms in total. The van der Waals surface area contributed by atoms with Crippen molar-refractivity contribution in [3.8, 4) is 0 Å². The van der Waals surface area contributed by atoms with Gasteiger partial charge in [0.2, 0.25) is 0 Å². The van der Waals surface area contributed by atoms with Crippen LogP contribution in [-0.4, -0.2) is 34.7 Å². The Bertz CT molecular complexity index is 777. The van der Waals surface area contributed by atoms with Crippen molar-refractivity contribution in [1.82, 2.24) is 14.9 Å². The monoisotopic (exact) mass is 333 g/mol. The highest BCUT2D eigenvalue weighted by Crippen LogP contribution is 2.20. The van der Waals surface area contributed by atoms with Gasteiger partial charge in [-0.05, 0) is 43.9 Å². The van der Waals surface area contributed by atoms with Gasteiger partial charge in [-0.2, -0.15) is 0 Å². The Morgan fingerprint density at radius 3 is 3.12 bits per heavy atom. The van der Waals surface area contributed by atoms with E-state index < -0.39 is 5.82 Å². The number of benzene rings is 1. The van der Waals surface area contributed by atoms with Crippen molar-refractivity contribution in [1.29, 1.82) is 0 Å². The van der Waals surface area contributed by atoms with Gasteiger partial charge in [0.25, 0.3) is 12.0 Å². The zero-order valence-electron chi connectivity index (χ0n) is 13.3. The number of hydrogen-bond donors (Lipinski definition) is 1. The SMILES string of the molecule is O=COC1CCCC(NCCn2c(=O)cnc3ccc(F)cc32)C1. The third-order valence-electron chi connectivity index (χ3n) is 4.45. The molecule has 1 fully saturated rings. The minimum absolute atomic E-state index is 0.0349. The fraction of sp³-hybridized carbons (Fsp3) is 0.471. The average molecular weight is 333 g/mol. The Labute approximate surface area is 138 Å². The van der Waals surface area contributed by atoms with Gasteiger partial charge in [0.05, 0.1) is 17.2 Å². The Morgan fingerprint density at radius 1 is 1.42 bits per heavy atom. The van der Waals surface area contributed by atoms with E-state index in [-0.39, 0.29) is 17.7 Å². The predicted molar refractivity (Wildman–Crippen MR) is 87.2 cm³/mol. The molecule has 24 heavy (non-hydrogen) atoms. The van der Waals surface area contributed by atoms with Crippen molar-refractivity contribution in [2.75, 3.05) is 6.54 Å². The van der Waals surface area contributed by atoms with E-state index in [1.807, 2.05) is 0 Å². The van der Waals surface area contributed by atoms with E-state index in [1.165, 1.54) is 22.9 Å². The topological polar surface area (TPSA) is 73.2 Å². The maximum Gasteiger partial charge on any atom is 0.293 e. The lowest BCUT2D eigenvalue weighted by atomic mass is 9.93. The Hall–Kier alpha value is -2.28. The smallest absolute Gasteiger partial charge is 0.293 e.